The molecule has 110 valence electrons. The smallest absolute Gasteiger partial charge is 0.335 e. The van der Waals surface area contributed by atoms with Crippen molar-refractivity contribution < 1.29 is 14.7 Å². The van der Waals surface area contributed by atoms with E-state index in [1.807, 2.05) is 13.8 Å². The van der Waals surface area contributed by atoms with Gasteiger partial charge in [0.1, 0.15) is 0 Å². The van der Waals surface area contributed by atoms with Crippen molar-refractivity contribution in [1.29, 1.82) is 0 Å². The highest BCUT2D eigenvalue weighted by atomic mass is 16.4. The summed E-state index contributed by atoms with van der Waals surface area (Å²) in [5, 5.41) is 13.4. The fraction of sp³-hybridized carbons (Fsp3) is 0.267. The number of aromatic carboxylic acids is 1. The zero-order valence-corrected chi connectivity index (χ0v) is 12.0. The number of benzene rings is 1. The Hall–Kier alpha value is -2.63. The molecule has 0 spiro atoms. The lowest BCUT2D eigenvalue weighted by Gasteiger charge is -2.05. The molecular weight excluding hydrogens is 270 g/mol. The van der Waals surface area contributed by atoms with Gasteiger partial charge >= 0.3 is 5.97 Å². The Bertz CT molecular complexity index is 687. The third-order valence-electron chi connectivity index (χ3n) is 3.42. The first-order chi connectivity index (χ1) is 9.90. The van der Waals surface area contributed by atoms with Gasteiger partial charge in [0.15, 0.2) is 0 Å². The third kappa shape index (κ3) is 3.10. The summed E-state index contributed by atoms with van der Waals surface area (Å²) in [5.41, 5.74) is 8.96. The Morgan fingerprint density at radius 1 is 1.24 bits per heavy atom. The predicted octanol–water partition coefficient (Wildman–Crippen LogP) is 1.61. The highest BCUT2D eigenvalue weighted by Crippen LogP contribution is 2.19. The van der Waals surface area contributed by atoms with Gasteiger partial charge in [0.05, 0.1) is 16.9 Å². The zero-order valence-electron chi connectivity index (χ0n) is 12.0. The maximum Gasteiger partial charge on any atom is 0.335 e. The maximum atomic E-state index is 10.9. The predicted molar refractivity (Wildman–Crippen MR) is 77.5 cm³/mol. The highest BCUT2D eigenvalue weighted by molar-refractivity contribution is 5.87. The number of hydrogen-bond acceptors (Lipinski definition) is 3. The van der Waals surface area contributed by atoms with Gasteiger partial charge in [0.25, 0.3) is 0 Å². The summed E-state index contributed by atoms with van der Waals surface area (Å²) in [4.78, 5) is 21.8. The van der Waals surface area contributed by atoms with Gasteiger partial charge in [-0.25, -0.2) is 9.48 Å². The highest BCUT2D eigenvalue weighted by Gasteiger charge is 2.13. The van der Waals surface area contributed by atoms with E-state index in [9.17, 15) is 9.59 Å². The molecule has 0 bridgehead atoms. The van der Waals surface area contributed by atoms with Crippen LogP contribution >= 0.6 is 0 Å². The Labute approximate surface area is 122 Å². The Kier molecular flexibility index (Phi) is 4.07. The number of carbonyl (C=O) groups is 2. The van der Waals surface area contributed by atoms with Crippen LogP contribution < -0.4 is 5.73 Å². The summed E-state index contributed by atoms with van der Waals surface area (Å²) in [7, 11) is 0. The molecule has 0 aliphatic rings. The lowest BCUT2D eigenvalue weighted by Crippen LogP contribution is -2.11. The SMILES string of the molecule is Cc1nn(-c2ccc(C(=O)O)cc2)c(C)c1CCC(N)=O. The van der Waals surface area contributed by atoms with Crippen LogP contribution in [0.15, 0.2) is 24.3 Å². The molecule has 1 amide bonds. The van der Waals surface area contributed by atoms with E-state index in [0.29, 0.717) is 6.42 Å². The molecule has 6 nitrogen and oxygen atoms in total. The van der Waals surface area contributed by atoms with E-state index in [2.05, 4.69) is 5.10 Å². The number of primary amides is 1. The summed E-state index contributed by atoms with van der Waals surface area (Å²) in [6.45, 7) is 3.80. The molecule has 0 atom stereocenters. The second kappa shape index (κ2) is 5.78. The lowest BCUT2D eigenvalue weighted by atomic mass is 10.1. The van der Waals surface area contributed by atoms with Crippen LogP contribution in [0, 0.1) is 13.8 Å². The molecule has 0 radical (unpaired) electrons. The van der Waals surface area contributed by atoms with Gasteiger partial charge in [-0.3, -0.25) is 4.79 Å². The van der Waals surface area contributed by atoms with Gasteiger partial charge in [0, 0.05) is 12.1 Å². The van der Waals surface area contributed by atoms with Gasteiger partial charge in [-0.1, -0.05) is 0 Å². The van der Waals surface area contributed by atoms with Crippen molar-refractivity contribution in [3.63, 3.8) is 0 Å². The maximum absolute atomic E-state index is 10.9. The number of nitrogens with zero attached hydrogens (tertiary/aromatic N) is 2. The largest absolute Gasteiger partial charge is 0.478 e. The van der Waals surface area contributed by atoms with E-state index >= 15 is 0 Å². The molecular formula is C15H17N3O3. The Morgan fingerprint density at radius 2 is 1.86 bits per heavy atom. The van der Waals surface area contributed by atoms with Crippen molar-refractivity contribution in [3.8, 4) is 5.69 Å². The number of rotatable bonds is 5. The van der Waals surface area contributed by atoms with E-state index in [1.165, 1.54) is 12.1 Å². The van der Waals surface area contributed by atoms with Crippen molar-refractivity contribution in [2.24, 2.45) is 5.73 Å². The fourth-order valence-electron chi connectivity index (χ4n) is 2.28. The first-order valence-corrected chi connectivity index (χ1v) is 6.57. The van der Waals surface area contributed by atoms with E-state index in [4.69, 9.17) is 10.8 Å². The van der Waals surface area contributed by atoms with Crippen LogP contribution in [0.4, 0.5) is 0 Å². The quantitative estimate of drug-likeness (QED) is 0.872. The molecule has 1 aromatic heterocycles. The van der Waals surface area contributed by atoms with Crippen LogP contribution in [0.1, 0.15) is 33.7 Å². The number of hydrogen-bond donors (Lipinski definition) is 2. The fourth-order valence-corrected chi connectivity index (χ4v) is 2.28. The normalized spacial score (nSPS) is 10.6. The van der Waals surface area contributed by atoms with E-state index in [-0.39, 0.29) is 17.9 Å². The van der Waals surface area contributed by atoms with Crippen molar-refractivity contribution in [3.05, 3.63) is 46.8 Å². The van der Waals surface area contributed by atoms with Crippen LogP contribution in [0.2, 0.25) is 0 Å². The van der Waals surface area contributed by atoms with Crippen molar-refractivity contribution in [1.82, 2.24) is 9.78 Å². The molecule has 1 aromatic carbocycles. The summed E-state index contributed by atoms with van der Waals surface area (Å²) in [6.07, 6.45) is 0.839. The van der Waals surface area contributed by atoms with E-state index in [0.717, 1.165) is 22.6 Å². The molecule has 3 N–H and O–H groups in total. The van der Waals surface area contributed by atoms with Gasteiger partial charge < -0.3 is 10.8 Å². The van der Waals surface area contributed by atoms with Gasteiger partial charge in [-0.05, 0) is 50.1 Å². The first kappa shape index (κ1) is 14.8. The minimum atomic E-state index is -0.961. The molecule has 21 heavy (non-hydrogen) atoms. The Balaban J connectivity index is 2.34. The van der Waals surface area contributed by atoms with Crippen LogP contribution in [0.25, 0.3) is 5.69 Å². The van der Waals surface area contributed by atoms with Crippen LogP contribution in [0.3, 0.4) is 0 Å². The number of carboxylic acid groups (broad SMARTS) is 1. The topological polar surface area (TPSA) is 98.2 Å². The number of aromatic nitrogens is 2. The van der Waals surface area contributed by atoms with Crippen molar-refractivity contribution in [2.45, 2.75) is 26.7 Å². The number of aryl methyl sites for hydroxylation is 1. The van der Waals surface area contributed by atoms with Gasteiger partial charge in [-0.15, -0.1) is 0 Å². The van der Waals surface area contributed by atoms with Crippen molar-refractivity contribution in [2.75, 3.05) is 0 Å². The number of carboxylic acids is 1. The molecule has 1 heterocycles. The molecule has 2 rings (SSSR count). The van der Waals surface area contributed by atoms with Crippen LogP contribution in [0.5, 0.6) is 0 Å². The van der Waals surface area contributed by atoms with E-state index < -0.39 is 5.97 Å². The molecule has 6 heteroatoms. The van der Waals surface area contributed by atoms with Crippen molar-refractivity contribution >= 4 is 11.9 Å². The first-order valence-electron chi connectivity index (χ1n) is 6.57. The monoisotopic (exact) mass is 287 g/mol. The number of amides is 1. The standard InChI is InChI=1S/C15H17N3O3/c1-9-13(7-8-14(16)19)10(2)18(17-9)12-5-3-11(4-6-12)15(20)21/h3-6H,7-8H2,1-2H3,(H2,16,19)(H,20,21). The van der Waals surface area contributed by atoms with Gasteiger partial charge in [-0.2, -0.15) is 5.10 Å². The molecule has 2 aromatic rings. The summed E-state index contributed by atoms with van der Waals surface area (Å²) < 4.78 is 1.75. The number of nitrogens with two attached hydrogens (primary N) is 1. The second-order valence-electron chi connectivity index (χ2n) is 4.88. The average molecular weight is 287 g/mol. The molecule has 0 aliphatic carbocycles. The van der Waals surface area contributed by atoms with E-state index in [1.54, 1.807) is 16.8 Å². The summed E-state index contributed by atoms with van der Waals surface area (Å²) in [5.74, 6) is -1.30. The minimum absolute atomic E-state index is 0.231. The Morgan fingerprint density at radius 3 is 2.38 bits per heavy atom. The zero-order chi connectivity index (χ0) is 15.6. The van der Waals surface area contributed by atoms with Crippen LogP contribution in [-0.2, 0) is 11.2 Å². The lowest BCUT2D eigenvalue weighted by molar-refractivity contribution is -0.117. The average Bonchev–Trinajstić information content (AvgIpc) is 2.72. The third-order valence-corrected chi connectivity index (χ3v) is 3.42. The molecule has 0 saturated carbocycles. The summed E-state index contributed by atoms with van der Waals surface area (Å²) >= 11 is 0. The van der Waals surface area contributed by atoms with Gasteiger partial charge in [0.2, 0.25) is 5.91 Å². The molecule has 0 saturated heterocycles. The minimum Gasteiger partial charge on any atom is -0.478 e. The molecule has 0 aliphatic heterocycles. The number of carbonyl (C=O) groups excluding carboxylic acids is 1. The molecule has 0 unspecified atom stereocenters. The molecule has 0 fully saturated rings. The van der Waals surface area contributed by atoms with Crippen LogP contribution in [-0.4, -0.2) is 26.8 Å². The second-order valence-corrected chi connectivity index (χ2v) is 4.88. The summed E-state index contributed by atoms with van der Waals surface area (Å²) in [6, 6.07) is 6.50.